The fourth-order valence-corrected chi connectivity index (χ4v) is 4.47. The van der Waals surface area contributed by atoms with Gasteiger partial charge >= 0.3 is 0 Å². The number of hydrogen-bond donors (Lipinski definition) is 3. The van der Waals surface area contributed by atoms with Crippen molar-refractivity contribution in [3.05, 3.63) is 46.6 Å². The Bertz CT molecular complexity index is 656. The monoisotopic (exact) mass is 637 g/mol. The number of rotatable bonds is 5. The van der Waals surface area contributed by atoms with Gasteiger partial charge in [0, 0.05) is 6.04 Å². The molecule has 2 aromatic rings. The van der Waals surface area contributed by atoms with Gasteiger partial charge in [-0.25, -0.2) is 0 Å². The maximum Gasteiger partial charge on any atom is 0.154 e. The van der Waals surface area contributed by atoms with Gasteiger partial charge in [0.15, 0.2) is 5.75 Å². The molecule has 22 heavy (non-hydrogen) atoms. The van der Waals surface area contributed by atoms with E-state index in [0.29, 0.717) is 12.2 Å². The molecule has 0 heterocycles. The average Bonchev–Trinajstić information content (AvgIpc) is 2.46. The summed E-state index contributed by atoms with van der Waals surface area (Å²) in [6, 6.07) is 8.91. The van der Waals surface area contributed by atoms with Crippen LogP contribution in [0.1, 0.15) is 5.56 Å². The molecule has 7 heteroatoms. The first-order chi connectivity index (χ1) is 10.4. The van der Waals surface area contributed by atoms with Crippen molar-refractivity contribution in [3.8, 4) is 17.2 Å². The number of nitrogens with two attached hydrogens (primary N) is 1. The minimum Gasteiger partial charge on any atom is -0.507 e. The molecule has 0 fully saturated rings. The Kier molecular flexibility index (Phi) is 6.98. The van der Waals surface area contributed by atoms with Crippen molar-refractivity contribution >= 4 is 67.8 Å². The molecule has 118 valence electrons. The molecule has 0 spiro atoms. The fourth-order valence-electron chi connectivity index (χ4n) is 1.86. The molecule has 4 nitrogen and oxygen atoms in total. The van der Waals surface area contributed by atoms with E-state index in [-0.39, 0.29) is 18.4 Å². The summed E-state index contributed by atoms with van der Waals surface area (Å²) >= 11 is 6.52. The number of halogens is 3. The molecule has 0 saturated carbocycles. The number of aromatic hydroxyl groups is 1. The topological polar surface area (TPSA) is 75.7 Å². The lowest BCUT2D eigenvalue weighted by Crippen LogP contribution is -2.26. The molecule has 1 unspecified atom stereocenters. The van der Waals surface area contributed by atoms with Crippen LogP contribution in [-0.2, 0) is 6.42 Å². The number of aliphatic hydroxyl groups excluding tert-OH is 1. The van der Waals surface area contributed by atoms with E-state index in [1.165, 1.54) is 0 Å². The van der Waals surface area contributed by atoms with E-state index in [1.807, 2.05) is 12.1 Å². The minimum absolute atomic E-state index is 0.0304. The van der Waals surface area contributed by atoms with Crippen molar-refractivity contribution in [2.24, 2.45) is 5.73 Å². The normalized spacial score (nSPS) is 12.2. The zero-order valence-electron chi connectivity index (χ0n) is 11.4. The van der Waals surface area contributed by atoms with Crippen LogP contribution in [0.4, 0.5) is 0 Å². The molecule has 2 rings (SSSR count). The number of ether oxygens (including phenoxy) is 1. The van der Waals surface area contributed by atoms with Gasteiger partial charge < -0.3 is 20.7 Å². The Morgan fingerprint density at radius 2 is 1.68 bits per heavy atom. The Morgan fingerprint density at radius 1 is 1.05 bits per heavy atom. The van der Waals surface area contributed by atoms with Gasteiger partial charge in [-0.2, -0.15) is 0 Å². The highest BCUT2D eigenvalue weighted by Gasteiger charge is 2.12. The van der Waals surface area contributed by atoms with Crippen molar-refractivity contribution in [2.45, 2.75) is 12.5 Å². The molecule has 0 aliphatic carbocycles. The number of benzene rings is 2. The lowest BCUT2D eigenvalue weighted by atomic mass is 10.1. The lowest BCUT2D eigenvalue weighted by molar-refractivity contribution is 0.265. The highest BCUT2D eigenvalue weighted by atomic mass is 127. The first-order valence-corrected chi connectivity index (χ1v) is 9.65. The van der Waals surface area contributed by atoms with Gasteiger partial charge in [0.05, 0.1) is 17.3 Å². The number of aliphatic hydroxyl groups is 1. The van der Waals surface area contributed by atoms with Gasteiger partial charge in [0.2, 0.25) is 0 Å². The molecule has 0 aliphatic rings. The highest BCUT2D eigenvalue weighted by molar-refractivity contribution is 14.1. The van der Waals surface area contributed by atoms with E-state index in [4.69, 9.17) is 15.6 Å². The second-order valence-corrected chi connectivity index (χ2v) is 8.24. The van der Waals surface area contributed by atoms with E-state index in [9.17, 15) is 5.11 Å². The van der Waals surface area contributed by atoms with Crippen LogP contribution in [0.3, 0.4) is 0 Å². The smallest absolute Gasteiger partial charge is 0.154 e. The molecule has 0 bridgehead atoms. The summed E-state index contributed by atoms with van der Waals surface area (Å²) in [7, 11) is 0. The molecular formula is C15H14I3NO3. The predicted molar refractivity (Wildman–Crippen MR) is 112 cm³/mol. The van der Waals surface area contributed by atoms with Crippen LogP contribution < -0.4 is 10.5 Å². The summed E-state index contributed by atoms with van der Waals surface area (Å²) in [6.45, 7) is -0.0304. The summed E-state index contributed by atoms with van der Waals surface area (Å²) in [5.74, 6) is 1.70. The minimum atomic E-state index is -0.253. The number of hydrogen-bond acceptors (Lipinski definition) is 4. The SMILES string of the molecule is NC(CO)Cc1cc(I)c(Oc2ccc(O)c(I)c2)c(I)c1. The molecule has 0 radical (unpaired) electrons. The van der Waals surface area contributed by atoms with Crippen molar-refractivity contribution < 1.29 is 14.9 Å². The fraction of sp³-hybridized carbons (Fsp3) is 0.200. The number of phenolic OH excluding ortho intramolecular Hbond substituents is 1. The first-order valence-electron chi connectivity index (χ1n) is 6.41. The molecule has 0 amide bonds. The lowest BCUT2D eigenvalue weighted by Gasteiger charge is -2.14. The zero-order chi connectivity index (χ0) is 16.3. The second kappa shape index (κ2) is 8.31. The van der Waals surface area contributed by atoms with E-state index in [2.05, 4.69) is 67.8 Å². The summed E-state index contributed by atoms with van der Waals surface area (Å²) < 4.78 is 8.65. The van der Waals surface area contributed by atoms with Gasteiger partial charge in [0.1, 0.15) is 11.5 Å². The van der Waals surface area contributed by atoms with E-state index < -0.39 is 0 Å². The van der Waals surface area contributed by atoms with Gasteiger partial charge in [-0.3, -0.25) is 0 Å². The first kappa shape index (κ1) is 18.5. The summed E-state index contributed by atoms with van der Waals surface area (Å²) in [5, 5.41) is 18.6. The highest BCUT2D eigenvalue weighted by Crippen LogP contribution is 2.34. The summed E-state index contributed by atoms with van der Waals surface area (Å²) in [6.07, 6.45) is 0.625. The third kappa shape index (κ3) is 4.82. The zero-order valence-corrected chi connectivity index (χ0v) is 17.9. The Morgan fingerprint density at radius 3 is 2.23 bits per heavy atom. The Labute approximate surface area is 169 Å². The van der Waals surface area contributed by atoms with Crippen LogP contribution in [0.5, 0.6) is 17.2 Å². The molecule has 0 aromatic heterocycles. The second-order valence-electron chi connectivity index (χ2n) is 4.75. The van der Waals surface area contributed by atoms with Crippen molar-refractivity contribution in [3.63, 3.8) is 0 Å². The van der Waals surface area contributed by atoms with Gasteiger partial charge in [0.25, 0.3) is 0 Å². The van der Waals surface area contributed by atoms with Crippen LogP contribution in [0.25, 0.3) is 0 Å². The van der Waals surface area contributed by atoms with E-state index >= 15 is 0 Å². The van der Waals surface area contributed by atoms with E-state index in [0.717, 1.165) is 22.0 Å². The van der Waals surface area contributed by atoms with Gasteiger partial charge in [-0.15, -0.1) is 0 Å². The van der Waals surface area contributed by atoms with E-state index in [1.54, 1.807) is 18.2 Å². The molecular weight excluding hydrogens is 623 g/mol. The largest absolute Gasteiger partial charge is 0.507 e. The van der Waals surface area contributed by atoms with Crippen LogP contribution in [0, 0.1) is 10.7 Å². The Balaban J connectivity index is 2.26. The van der Waals surface area contributed by atoms with Crippen LogP contribution in [0.2, 0.25) is 0 Å². The van der Waals surface area contributed by atoms with Gasteiger partial charge in [-0.1, -0.05) is 0 Å². The van der Waals surface area contributed by atoms with Crippen LogP contribution in [-0.4, -0.2) is 22.9 Å². The predicted octanol–water partition coefficient (Wildman–Crippen LogP) is 3.86. The summed E-state index contributed by atoms with van der Waals surface area (Å²) in [5.41, 5.74) is 6.86. The van der Waals surface area contributed by atoms with Gasteiger partial charge in [-0.05, 0) is 110 Å². The molecule has 1 atom stereocenters. The van der Waals surface area contributed by atoms with Crippen LogP contribution in [0.15, 0.2) is 30.3 Å². The standard InChI is InChI=1S/C15H14I3NO3/c16-11-6-10(1-2-14(11)21)22-15-12(17)4-8(5-13(15)18)3-9(19)7-20/h1-2,4-6,9,20-21H,3,7,19H2. The third-order valence-electron chi connectivity index (χ3n) is 2.93. The molecule has 4 N–H and O–H groups in total. The van der Waals surface area contributed by atoms with Crippen molar-refractivity contribution in [2.75, 3.05) is 6.61 Å². The van der Waals surface area contributed by atoms with Crippen molar-refractivity contribution in [1.82, 2.24) is 0 Å². The third-order valence-corrected chi connectivity index (χ3v) is 5.40. The summed E-state index contributed by atoms with van der Waals surface area (Å²) in [4.78, 5) is 0. The maximum absolute atomic E-state index is 9.56. The van der Waals surface area contributed by atoms with Crippen molar-refractivity contribution in [1.29, 1.82) is 0 Å². The average molecular weight is 637 g/mol. The molecule has 2 aromatic carbocycles. The molecule has 0 saturated heterocycles. The maximum atomic E-state index is 9.56. The van der Waals surface area contributed by atoms with Crippen LogP contribution >= 0.6 is 67.8 Å². The number of phenols is 1. The Hall–Kier alpha value is 0.150. The quantitative estimate of drug-likeness (QED) is 0.436. The molecule has 0 aliphatic heterocycles.